The normalized spacial score (nSPS) is 18.6. The third-order valence-corrected chi connectivity index (χ3v) is 7.45. The number of benzene rings is 1. The van der Waals surface area contributed by atoms with E-state index in [1.54, 1.807) is 38.1 Å². The zero-order valence-corrected chi connectivity index (χ0v) is 21.2. The minimum absolute atomic E-state index is 0.0800. The summed E-state index contributed by atoms with van der Waals surface area (Å²) < 4.78 is 17.4. The van der Waals surface area contributed by atoms with Crippen LogP contribution < -0.4 is 16.0 Å². The van der Waals surface area contributed by atoms with Crippen molar-refractivity contribution in [1.29, 1.82) is 0 Å². The first-order valence-electron chi connectivity index (χ1n) is 11.6. The van der Waals surface area contributed by atoms with Crippen LogP contribution in [0.5, 0.6) is 0 Å². The van der Waals surface area contributed by atoms with Gasteiger partial charge in [0.1, 0.15) is 12.6 Å². The number of hydrogen-bond acceptors (Lipinski definition) is 6. The van der Waals surface area contributed by atoms with Crippen molar-refractivity contribution in [1.82, 2.24) is 16.0 Å². The van der Waals surface area contributed by atoms with Crippen LogP contribution in [-0.2, 0) is 25.1 Å². The molecule has 10 heteroatoms. The van der Waals surface area contributed by atoms with E-state index >= 15 is 0 Å². The van der Waals surface area contributed by atoms with Crippen LogP contribution in [0.25, 0.3) is 0 Å². The quantitative estimate of drug-likeness (QED) is 0.349. The lowest BCUT2D eigenvalue weighted by atomic mass is 9.97. The second-order valence-electron chi connectivity index (χ2n) is 9.64. The Morgan fingerprint density at radius 2 is 1.91 bits per heavy atom. The number of carbonyl (C=O) groups is 3. The highest BCUT2D eigenvalue weighted by atomic mass is 32.2. The summed E-state index contributed by atoms with van der Waals surface area (Å²) in [6.07, 6.45) is 0.565. The summed E-state index contributed by atoms with van der Waals surface area (Å²) >= 11 is 0. The van der Waals surface area contributed by atoms with Gasteiger partial charge in [0.2, 0.25) is 11.8 Å². The van der Waals surface area contributed by atoms with E-state index in [9.17, 15) is 23.7 Å². The molecule has 1 aliphatic heterocycles. The molecular weight excluding hydrogens is 458 g/mol. The lowest BCUT2D eigenvalue weighted by molar-refractivity contribution is -0.126. The van der Waals surface area contributed by atoms with Gasteiger partial charge in [-0.2, -0.15) is 0 Å². The summed E-state index contributed by atoms with van der Waals surface area (Å²) in [5.74, 6) is -0.684. The molecule has 0 unspecified atom stereocenters. The third-order valence-electron chi connectivity index (χ3n) is 5.62. The predicted octanol–water partition coefficient (Wildman–Crippen LogP) is 1.72. The van der Waals surface area contributed by atoms with Gasteiger partial charge in [-0.25, -0.2) is 4.79 Å². The third kappa shape index (κ3) is 8.39. The van der Waals surface area contributed by atoms with Gasteiger partial charge in [-0.3, -0.25) is 13.8 Å². The van der Waals surface area contributed by atoms with Crippen LogP contribution in [0.3, 0.4) is 0 Å². The number of hydrogen-bond donors (Lipinski definition) is 4. The molecule has 1 aromatic carbocycles. The molecule has 0 bridgehead atoms. The Kier molecular flexibility index (Phi) is 10.5. The highest BCUT2D eigenvalue weighted by Crippen LogP contribution is 2.21. The maximum absolute atomic E-state index is 12.9. The zero-order valence-electron chi connectivity index (χ0n) is 20.3. The van der Waals surface area contributed by atoms with E-state index in [1.807, 2.05) is 19.9 Å². The van der Waals surface area contributed by atoms with E-state index in [0.717, 1.165) is 0 Å². The molecule has 1 aromatic rings. The van der Waals surface area contributed by atoms with Crippen LogP contribution in [0.1, 0.15) is 47.0 Å². The molecular formula is C24H37N3O6S. The van der Waals surface area contributed by atoms with Gasteiger partial charge in [0.05, 0.1) is 28.2 Å². The minimum atomic E-state index is -1.40. The average molecular weight is 496 g/mol. The highest BCUT2D eigenvalue weighted by Gasteiger charge is 2.32. The minimum Gasteiger partial charge on any atom is -0.448 e. The number of aliphatic hydroxyl groups is 1. The van der Waals surface area contributed by atoms with Gasteiger partial charge in [-0.15, -0.1) is 0 Å². The molecule has 4 N–H and O–H groups in total. The van der Waals surface area contributed by atoms with Gasteiger partial charge in [-0.05, 0) is 51.2 Å². The van der Waals surface area contributed by atoms with Gasteiger partial charge in [0, 0.05) is 17.4 Å². The van der Waals surface area contributed by atoms with E-state index in [-0.39, 0.29) is 31.0 Å². The monoisotopic (exact) mass is 495 g/mol. The number of nitrogens with one attached hydrogen (secondary N) is 3. The van der Waals surface area contributed by atoms with E-state index in [0.29, 0.717) is 30.7 Å². The van der Waals surface area contributed by atoms with Crippen molar-refractivity contribution in [2.24, 2.45) is 11.8 Å². The van der Waals surface area contributed by atoms with Crippen LogP contribution in [0.15, 0.2) is 35.2 Å². The van der Waals surface area contributed by atoms with E-state index in [1.165, 1.54) is 0 Å². The number of ether oxygens (including phenoxy) is 1. The van der Waals surface area contributed by atoms with E-state index in [2.05, 4.69) is 16.0 Å². The van der Waals surface area contributed by atoms with Gasteiger partial charge < -0.3 is 25.8 Å². The molecule has 1 fully saturated rings. The molecule has 190 valence electrons. The largest absolute Gasteiger partial charge is 0.448 e. The van der Waals surface area contributed by atoms with Crippen molar-refractivity contribution in [2.75, 3.05) is 19.8 Å². The number of rotatable bonds is 12. The molecule has 0 saturated carbocycles. The second kappa shape index (κ2) is 12.9. The SMILES string of the molecule is CC(C)C[C@H](NC(=O)OCC(C)(C)[S@@](=O)c1ccccc1)C(=O)N[C@H](CO)C[C@@H]1CCNC1=O. The zero-order chi connectivity index (χ0) is 25.3. The molecule has 34 heavy (non-hydrogen) atoms. The lowest BCUT2D eigenvalue weighted by Gasteiger charge is -2.26. The first-order chi connectivity index (χ1) is 16.0. The summed E-state index contributed by atoms with van der Waals surface area (Å²) in [5, 5.41) is 17.8. The summed E-state index contributed by atoms with van der Waals surface area (Å²) in [4.78, 5) is 37.9. The topological polar surface area (TPSA) is 134 Å². The Hall–Kier alpha value is -2.46. The van der Waals surface area contributed by atoms with Crippen LogP contribution in [-0.4, -0.2) is 63.8 Å². The molecule has 0 spiro atoms. The first-order valence-corrected chi connectivity index (χ1v) is 12.8. The van der Waals surface area contributed by atoms with Gasteiger partial charge in [-0.1, -0.05) is 32.0 Å². The van der Waals surface area contributed by atoms with Gasteiger partial charge in [0.15, 0.2) is 0 Å². The summed E-state index contributed by atoms with van der Waals surface area (Å²) in [6, 6.07) is 7.47. The molecule has 1 aliphatic rings. The summed E-state index contributed by atoms with van der Waals surface area (Å²) in [5.41, 5.74) is 0. The van der Waals surface area contributed by atoms with E-state index < -0.39 is 39.6 Å². The van der Waals surface area contributed by atoms with Gasteiger partial charge in [0.25, 0.3) is 0 Å². The van der Waals surface area contributed by atoms with E-state index in [4.69, 9.17) is 4.74 Å². The fraction of sp³-hybridized carbons (Fsp3) is 0.625. The summed E-state index contributed by atoms with van der Waals surface area (Å²) in [7, 11) is -1.40. The van der Waals surface area contributed by atoms with Gasteiger partial charge >= 0.3 is 6.09 Å². The van der Waals surface area contributed by atoms with Crippen LogP contribution in [0.2, 0.25) is 0 Å². The van der Waals surface area contributed by atoms with Crippen LogP contribution >= 0.6 is 0 Å². The number of aliphatic hydroxyl groups excluding tert-OH is 1. The smallest absolute Gasteiger partial charge is 0.407 e. The van der Waals surface area contributed by atoms with Crippen LogP contribution in [0, 0.1) is 11.8 Å². The first kappa shape index (κ1) is 27.8. The van der Waals surface area contributed by atoms with Crippen molar-refractivity contribution < 1.29 is 28.4 Å². The molecule has 0 radical (unpaired) electrons. The van der Waals surface area contributed by atoms with Crippen molar-refractivity contribution in [2.45, 2.75) is 68.7 Å². The Morgan fingerprint density at radius 3 is 2.47 bits per heavy atom. The second-order valence-corrected chi connectivity index (χ2v) is 11.8. The Morgan fingerprint density at radius 1 is 1.24 bits per heavy atom. The maximum Gasteiger partial charge on any atom is 0.407 e. The molecule has 1 saturated heterocycles. The Labute approximate surface area is 203 Å². The van der Waals surface area contributed by atoms with Crippen LogP contribution in [0.4, 0.5) is 4.79 Å². The standard InChI is InChI=1S/C24H37N3O6S/c1-16(2)12-20(22(30)26-18(14-28)13-17-10-11-25-21(17)29)27-23(31)33-15-24(3,4)34(32)19-8-6-5-7-9-19/h5-9,16-18,20,28H,10-15H2,1-4H3,(H,25,29)(H,26,30)(H,27,31)/t17-,18-,20-,34-/m0/s1. The van der Waals surface area contributed by atoms with Crippen molar-refractivity contribution in [3.05, 3.63) is 30.3 Å². The molecule has 2 rings (SSSR count). The fourth-order valence-corrected chi connectivity index (χ4v) is 4.95. The molecule has 0 aromatic heterocycles. The molecule has 4 atom stereocenters. The summed E-state index contributed by atoms with van der Waals surface area (Å²) in [6.45, 7) is 7.50. The highest BCUT2D eigenvalue weighted by molar-refractivity contribution is 7.86. The lowest BCUT2D eigenvalue weighted by Crippen LogP contribution is -2.52. The molecule has 3 amide bonds. The maximum atomic E-state index is 12.9. The average Bonchev–Trinajstić information content (AvgIpc) is 3.20. The Bertz CT molecular complexity index is 862. The Balaban J connectivity index is 1.94. The number of alkyl carbamates (subject to hydrolysis) is 1. The molecule has 9 nitrogen and oxygen atoms in total. The van der Waals surface area contributed by atoms with Crippen molar-refractivity contribution >= 4 is 28.7 Å². The fourth-order valence-electron chi connectivity index (χ4n) is 3.74. The van der Waals surface area contributed by atoms with Crippen molar-refractivity contribution in [3.8, 4) is 0 Å². The predicted molar refractivity (Wildman–Crippen MR) is 129 cm³/mol. The number of carbonyl (C=O) groups excluding carboxylic acids is 3. The number of amides is 3. The molecule has 0 aliphatic carbocycles. The van der Waals surface area contributed by atoms with Crippen molar-refractivity contribution in [3.63, 3.8) is 0 Å². The molecule has 1 heterocycles.